The maximum absolute atomic E-state index is 12.7. The van der Waals surface area contributed by atoms with Crippen LogP contribution in [0.4, 0.5) is 10.5 Å². The largest absolute Gasteiger partial charge is 0.324 e. The number of nitrogens with one attached hydrogen (secondary N) is 1. The second kappa shape index (κ2) is 6.19. The smallest absolute Gasteiger partial charge is 0.321 e. The summed E-state index contributed by atoms with van der Waals surface area (Å²) in [6.45, 7) is 1.81. The number of rotatable bonds is 1. The van der Waals surface area contributed by atoms with E-state index >= 15 is 0 Å². The number of aromatic nitrogens is 1. The van der Waals surface area contributed by atoms with Crippen LogP contribution in [0.15, 0.2) is 36.7 Å². The fourth-order valence-electron chi connectivity index (χ4n) is 4.21. The maximum Gasteiger partial charge on any atom is 0.321 e. The Morgan fingerprint density at radius 1 is 1.13 bits per heavy atom. The molecule has 2 amide bonds. The van der Waals surface area contributed by atoms with Gasteiger partial charge in [-0.1, -0.05) is 31.4 Å². The fourth-order valence-corrected chi connectivity index (χ4v) is 4.21. The highest BCUT2D eigenvalue weighted by molar-refractivity contribution is 6.01. The molecule has 0 spiro atoms. The number of nitrogens with zero attached hydrogens (tertiary/aromatic N) is 2. The quantitative estimate of drug-likeness (QED) is 0.854. The van der Waals surface area contributed by atoms with Crippen molar-refractivity contribution in [1.29, 1.82) is 0 Å². The molecule has 0 bridgehead atoms. The van der Waals surface area contributed by atoms with Gasteiger partial charge in [0.1, 0.15) is 0 Å². The number of carbonyl (C=O) groups excluding carboxylic acids is 1. The van der Waals surface area contributed by atoms with Crippen LogP contribution in [0.25, 0.3) is 10.8 Å². The zero-order chi connectivity index (χ0) is 15.6. The summed E-state index contributed by atoms with van der Waals surface area (Å²) in [5.41, 5.74) is 0.876. The first kappa shape index (κ1) is 14.5. The second-order valence-corrected chi connectivity index (χ2v) is 6.87. The van der Waals surface area contributed by atoms with E-state index in [9.17, 15) is 4.79 Å². The molecule has 2 aliphatic rings. The van der Waals surface area contributed by atoms with Crippen molar-refractivity contribution >= 4 is 22.5 Å². The molecule has 23 heavy (non-hydrogen) atoms. The number of hydrogen-bond acceptors (Lipinski definition) is 2. The minimum atomic E-state index is 0.0401. The molecule has 2 fully saturated rings. The fraction of sp³-hybridized carbons (Fsp3) is 0.474. The number of piperidine rings is 1. The normalized spacial score (nSPS) is 24.3. The minimum absolute atomic E-state index is 0.0401. The number of pyridine rings is 1. The average molecular weight is 309 g/mol. The van der Waals surface area contributed by atoms with Gasteiger partial charge in [-0.3, -0.25) is 4.98 Å². The van der Waals surface area contributed by atoms with Gasteiger partial charge in [-0.2, -0.15) is 0 Å². The van der Waals surface area contributed by atoms with Gasteiger partial charge in [0.05, 0.1) is 5.69 Å². The summed E-state index contributed by atoms with van der Waals surface area (Å²) in [7, 11) is 0. The van der Waals surface area contributed by atoms with Crippen molar-refractivity contribution in [2.45, 2.75) is 32.1 Å². The molecule has 1 aliphatic carbocycles. The van der Waals surface area contributed by atoms with Crippen molar-refractivity contribution in [3.05, 3.63) is 36.7 Å². The molecular weight excluding hydrogens is 286 g/mol. The van der Waals surface area contributed by atoms with Crippen LogP contribution in [-0.4, -0.2) is 29.0 Å². The van der Waals surface area contributed by atoms with Crippen LogP contribution in [0.3, 0.4) is 0 Å². The van der Waals surface area contributed by atoms with Crippen molar-refractivity contribution < 1.29 is 4.79 Å². The molecule has 1 aromatic heterocycles. The SMILES string of the molecule is O=C(Nc1cccc2cnccc12)N1CC[C@H]2CCCC[C@H]2C1. The summed E-state index contributed by atoms with van der Waals surface area (Å²) < 4.78 is 0. The van der Waals surface area contributed by atoms with Gasteiger partial charge < -0.3 is 10.2 Å². The highest BCUT2D eigenvalue weighted by Crippen LogP contribution is 2.36. The van der Waals surface area contributed by atoms with Crippen molar-refractivity contribution in [3.63, 3.8) is 0 Å². The summed E-state index contributed by atoms with van der Waals surface area (Å²) in [5.74, 6) is 1.55. The molecule has 0 unspecified atom stereocenters. The van der Waals surface area contributed by atoms with Crippen molar-refractivity contribution in [2.75, 3.05) is 18.4 Å². The van der Waals surface area contributed by atoms with E-state index < -0.39 is 0 Å². The molecule has 2 atom stereocenters. The van der Waals surface area contributed by atoms with E-state index in [2.05, 4.69) is 10.3 Å². The van der Waals surface area contributed by atoms with E-state index in [0.717, 1.165) is 41.9 Å². The third kappa shape index (κ3) is 2.90. The Morgan fingerprint density at radius 2 is 2.00 bits per heavy atom. The number of hydrogen-bond donors (Lipinski definition) is 1. The Morgan fingerprint density at radius 3 is 2.91 bits per heavy atom. The highest BCUT2D eigenvalue weighted by atomic mass is 16.2. The number of amides is 2. The molecule has 1 N–H and O–H groups in total. The molecule has 1 saturated carbocycles. The standard InChI is InChI=1S/C19H23N3O/c23-19(22-11-9-14-4-1-2-5-16(14)13-22)21-18-7-3-6-15-12-20-10-8-17(15)18/h3,6-8,10,12,14,16H,1-2,4-5,9,11,13H2,(H,21,23)/t14-,16+/m1/s1. The van der Waals surface area contributed by atoms with Gasteiger partial charge in [-0.05, 0) is 36.8 Å². The third-order valence-electron chi connectivity index (χ3n) is 5.50. The van der Waals surface area contributed by atoms with Crippen molar-refractivity contribution in [2.24, 2.45) is 11.8 Å². The third-order valence-corrected chi connectivity index (χ3v) is 5.50. The average Bonchev–Trinajstić information content (AvgIpc) is 2.61. The number of fused-ring (bicyclic) bond motifs is 2. The summed E-state index contributed by atoms with van der Waals surface area (Å²) >= 11 is 0. The molecule has 2 heterocycles. The van der Waals surface area contributed by atoms with Gasteiger partial charge in [0.15, 0.2) is 0 Å². The number of likely N-dealkylation sites (tertiary alicyclic amines) is 1. The van der Waals surface area contributed by atoms with Crippen molar-refractivity contribution in [3.8, 4) is 0 Å². The van der Waals surface area contributed by atoms with Gasteiger partial charge in [-0.25, -0.2) is 4.79 Å². The summed E-state index contributed by atoms with van der Waals surface area (Å²) in [6.07, 6.45) is 10.1. The van der Waals surface area contributed by atoms with Crippen LogP contribution in [-0.2, 0) is 0 Å². The molecular formula is C19H23N3O. The lowest BCUT2D eigenvalue weighted by Gasteiger charge is -2.41. The lowest BCUT2D eigenvalue weighted by molar-refractivity contribution is 0.108. The molecule has 4 rings (SSSR count). The zero-order valence-corrected chi connectivity index (χ0v) is 13.4. The molecule has 1 saturated heterocycles. The molecule has 120 valence electrons. The van der Waals surface area contributed by atoms with Gasteiger partial charge >= 0.3 is 6.03 Å². The van der Waals surface area contributed by atoms with Crippen LogP contribution in [0, 0.1) is 11.8 Å². The second-order valence-electron chi connectivity index (χ2n) is 6.87. The van der Waals surface area contributed by atoms with E-state index in [0.29, 0.717) is 5.92 Å². The summed E-state index contributed by atoms with van der Waals surface area (Å²) in [5, 5.41) is 5.21. The summed E-state index contributed by atoms with van der Waals surface area (Å²) in [6, 6.07) is 7.95. The monoisotopic (exact) mass is 309 g/mol. The van der Waals surface area contributed by atoms with E-state index in [1.807, 2.05) is 35.4 Å². The molecule has 1 aliphatic heterocycles. The lowest BCUT2D eigenvalue weighted by atomic mass is 9.75. The molecule has 2 aromatic rings. The first-order chi connectivity index (χ1) is 11.3. The Kier molecular flexibility index (Phi) is 3.90. The van der Waals surface area contributed by atoms with E-state index in [1.165, 1.54) is 25.7 Å². The minimum Gasteiger partial charge on any atom is -0.324 e. The lowest BCUT2D eigenvalue weighted by Crippen LogP contribution is -2.46. The van der Waals surface area contributed by atoms with E-state index in [1.54, 1.807) is 6.20 Å². The van der Waals surface area contributed by atoms with Gasteiger partial charge in [0, 0.05) is 36.3 Å². The van der Waals surface area contributed by atoms with Crippen LogP contribution in [0.1, 0.15) is 32.1 Å². The number of urea groups is 1. The van der Waals surface area contributed by atoms with E-state index in [4.69, 9.17) is 0 Å². The predicted molar refractivity (Wildman–Crippen MR) is 92.4 cm³/mol. The molecule has 1 aromatic carbocycles. The van der Waals surface area contributed by atoms with Crippen LogP contribution >= 0.6 is 0 Å². The molecule has 4 nitrogen and oxygen atoms in total. The zero-order valence-electron chi connectivity index (χ0n) is 13.4. The van der Waals surface area contributed by atoms with E-state index in [-0.39, 0.29) is 6.03 Å². The predicted octanol–water partition coefficient (Wildman–Crippen LogP) is 4.28. The number of benzene rings is 1. The molecule has 4 heteroatoms. The maximum atomic E-state index is 12.7. The number of carbonyl (C=O) groups is 1. The van der Waals surface area contributed by atoms with Crippen LogP contribution in [0.5, 0.6) is 0 Å². The van der Waals surface area contributed by atoms with Crippen molar-refractivity contribution in [1.82, 2.24) is 9.88 Å². The Balaban J connectivity index is 1.49. The van der Waals surface area contributed by atoms with Gasteiger partial charge in [0.25, 0.3) is 0 Å². The topological polar surface area (TPSA) is 45.2 Å². The Hall–Kier alpha value is -2.10. The van der Waals surface area contributed by atoms with Gasteiger partial charge in [-0.15, -0.1) is 0 Å². The first-order valence-electron chi connectivity index (χ1n) is 8.70. The van der Waals surface area contributed by atoms with Crippen LogP contribution < -0.4 is 5.32 Å². The molecule has 0 radical (unpaired) electrons. The first-order valence-corrected chi connectivity index (χ1v) is 8.70. The Bertz CT molecular complexity index is 709. The highest BCUT2D eigenvalue weighted by Gasteiger charge is 2.32. The van der Waals surface area contributed by atoms with Gasteiger partial charge in [0.2, 0.25) is 0 Å². The van der Waals surface area contributed by atoms with Crippen LogP contribution in [0.2, 0.25) is 0 Å². The Labute approximate surface area is 136 Å². The summed E-state index contributed by atoms with van der Waals surface area (Å²) in [4.78, 5) is 18.8. The number of anilines is 1.